The van der Waals surface area contributed by atoms with Crippen LogP contribution in [-0.2, 0) is 4.74 Å². The smallest absolute Gasteiger partial charge is 0.0642 e. The third kappa shape index (κ3) is 3.71. The molecule has 0 saturated carbocycles. The van der Waals surface area contributed by atoms with Crippen LogP contribution in [0.25, 0.3) is 6.08 Å². The van der Waals surface area contributed by atoms with Gasteiger partial charge >= 0.3 is 0 Å². The number of ether oxygens (including phenoxy) is 1. The van der Waals surface area contributed by atoms with E-state index in [9.17, 15) is 0 Å². The van der Waals surface area contributed by atoms with Crippen molar-refractivity contribution in [2.24, 2.45) is 10.9 Å². The molecular weight excluding hydrogens is 333 g/mol. The average Bonchev–Trinajstić information content (AvgIpc) is 2.94. The predicted octanol–water partition coefficient (Wildman–Crippen LogP) is 3.70. The number of nitrogens with two attached hydrogens (primary N) is 1. The van der Waals surface area contributed by atoms with Crippen LogP contribution in [0, 0.1) is 0 Å². The Balaban J connectivity index is 1.98. The van der Waals surface area contributed by atoms with Gasteiger partial charge in [-0.05, 0) is 47.8 Å². The fourth-order valence-electron chi connectivity index (χ4n) is 3.07. The molecule has 1 saturated heterocycles. The standard InChI is InChI=1S/C17H19Cl2N3O/c18-15-4-3-12(16(19)10-15)9-13-1-2-14(11-21-20)17(13)22-5-7-23-8-6-22/h3-4,9-11H,1-2,5-8,20H2/b13-9+,21-11-. The van der Waals surface area contributed by atoms with Gasteiger partial charge in [0.1, 0.15) is 0 Å². The van der Waals surface area contributed by atoms with Crippen molar-refractivity contribution in [2.75, 3.05) is 26.3 Å². The van der Waals surface area contributed by atoms with E-state index in [1.807, 2.05) is 12.1 Å². The van der Waals surface area contributed by atoms with Gasteiger partial charge in [-0.2, -0.15) is 5.10 Å². The lowest BCUT2D eigenvalue weighted by Crippen LogP contribution is -2.36. The number of halogens is 2. The number of morpholine rings is 1. The molecule has 2 N–H and O–H groups in total. The predicted molar refractivity (Wildman–Crippen MR) is 95.8 cm³/mol. The minimum Gasteiger partial charge on any atom is -0.378 e. The molecule has 0 atom stereocenters. The van der Waals surface area contributed by atoms with Crippen LogP contribution in [0.2, 0.25) is 10.0 Å². The Morgan fingerprint density at radius 3 is 2.65 bits per heavy atom. The molecule has 0 radical (unpaired) electrons. The zero-order valence-electron chi connectivity index (χ0n) is 12.8. The van der Waals surface area contributed by atoms with Crippen molar-refractivity contribution < 1.29 is 4.74 Å². The molecule has 1 aliphatic carbocycles. The lowest BCUT2D eigenvalue weighted by Gasteiger charge is -2.31. The summed E-state index contributed by atoms with van der Waals surface area (Å²) in [7, 11) is 0. The zero-order valence-corrected chi connectivity index (χ0v) is 14.3. The lowest BCUT2D eigenvalue weighted by molar-refractivity contribution is 0.0548. The van der Waals surface area contributed by atoms with Crippen LogP contribution in [0.3, 0.4) is 0 Å². The molecule has 1 fully saturated rings. The van der Waals surface area contributed by atoms with Crippen LogP contribution >= 0.6 is 23.2 Å². The summed E-state index contributed by atoms with van der Waals surface area (Å²) < 4.78 is 5.46. The van der Waals surface area contributed by atoms with Crippen molar-refractivity contribution >= 4 is 35.5 Å². The number of hydrogen-bond donors (Lipinski definition) is 1. The number of hydrazone groups is 1. The van der Waals surface area contributed by atoms with E-state index in [2.05, 4.69) is 16.1 Å². The van der Waals surface area contributed by atoms with Gasteiger partial charge in [0.05, 0.1) is 19.4 Å². The summed E-state index contributed by atoms with van der Waals surface area (Å²) in [6, 6.07) is 5.57. The highest BCUT2D eigenvalue weighted by Gasteiger charge is 2.25. The Morgan fingerprint density at radius 2 is 1.96 bits per heavy atom. The van der Waals surface area contributed by atoms with Gasteiger partial charge in [0.2, 0.25) is 0 Å². The number of benzene rings is 1. The maximum absolute atomic E-state index is 6.31. The first-order valence-electron chi connectivity index (χ1n) is 7.64. The fourth-order valence-corrected chi connectivity index (χ4v) is 3.53. The van der Waals surface area contributed by atoms with Crippen LogP contribution < -0.4 is 5.84 Å². The Morgan fingerprint density at radius 1 is 1.17 bits per heavy atom. The van der Waals surface area contributed by atoms with E-state index in [-0.39, 0.29) is 0 Å². The Bertz CT molecular complexity index is 676. The molecule has 1 aromatic rings. The number of nitrogens with zero attached hydrogens (tertiary/aromatic N) is 2. The van der Waals surface area contributed by atoms with Crippen molar-refractivity contribution in [2.45, 2.75) is 12.8 Å². The minimum absolute atomic E-state index is 0.642. The maximum Gasteiger partial charge on any atom is 0.0642 e. The summed E-state index contributed by atoms with van der Waals surface area (Å²) in [6.45, 7) is 3.24. The van der Waals surface area contributed by atoms with Gasteiger partial charge in [-0.25, -0.2) is 0 Å². The van der Waals surface area contributed by atoms with Gasteiger partial charge in [-0.3, -0.25) is 0 Å². The SMILES string of the molecule is N/N=C\C1=C(N2CCOCC2)C(=C/c2ccc(Cl)cc2Cl)/CC1. The van der Waals surface area contributed by atoms with Crippen LogP contribution in [-0.4, -0.2) is 37.4 Å². The highest BCUT2D eigenvalue weighted by atomic mass is 35.5. The van der Waals surface area contributed by atoms with Crippen molar-refractivity contribution in [1.29, 1.82) is 0 Å². The van der Waals surface area contributed by atoms with Crippen molar-refractivity contribution in [3.63, 3.8) is 0 Å². The largest absolute Gasteiger partial charge is 0.378 e. The molecule has 1 heterocycles. The van der Waals surface area contributed by atoms with Gasteiger partial charge in [0, 0.05) is 28.8 Å². The second-order valence-corrected chi connectivity index (χ2v) is 6.43. The summed E-state index contributed by atoms with van der Waals surface area (Å²) in [5.41, 5.74) is 4.62. The zero-order chi connectivity index (χ0) is 16.2. The van der Waals surface area contributed by atoms with Crippen molar-refractivity contribution in [3.8, 4) is 0 Å². The van der Waals surface area contributed by atoms with Crippen LogP contribution in [0.5, 0.6) is 0 Å². The van der Waals surface area contributed by atoms with Crippen molar-refractivity contribution in [3.05, 3.63) is 50.7 Å². The van der Waals surface area contributed by atoms with Crippen LogP contribution in [0.1, 0.15) is 18.4 Å². The highest BCUT2D eigenvalue weighted by Crippen LogP contribution is 2.36. The maximum atomic E-state index is 6.31. The molecule has 1 aliphatic heterocycles. The van der Waals surface area contributed by atoms with E-state index in [0.717, 1.165) is 44.7 Å². The van der Waals surface area contributed by atoms with E-state index < -0.39 is 0 Å². The Kier molecular flexibility index (Phi) is 5.26. The monoisotopic (exact) mass is 351 g/mol. The van der Waals surface area contributed by atoms with Gasteiger partial charge in [-0.15, -0.1) is 0 Å². The molecule has 1 aromatic carbocycles. The molecule has 0 spiro atoms. The van der Waals surface area contributed by atoms with Gasteiger partial charge in [0.25, 0.3) is 0 Å². The topological polar surface area (TPSA) is 50.8 Å². The number of rotatable bonds is 3. The first-order valence-corrected chi connectivity index (χ1v) is 8.39. The molecule has 0 amide bonds. The first kappa shape index (κ1) is 16.4. The van der Waals surface area contributed by atoms with Crippen LogP contribution in [0.4, 0.5) is 0 Å². The second-order valence-electron chi connectivity index (χ2n) is 5.59. The summed E-state index contributed by atoms with van der Waals surface area (Å²) in [5, 5.41) is 5.02. The molecule has 0 aromatic heterocycles. The van der Waals surface area contributed by atoms with E-state index >= 15 is 0 Å². The molecule has 23 heavy (non-hydrogen) atoms. The molecule has 0 bridgehead atoms. The summed E-state index contributed by atoms with van der Waals surface area (Å²) in [6.07, 6.45) is 5.79. The van der Waals surface area contributed by atoms with Gasteiger partial charge < -0.3 is 15.5 Å². The third-order valence-electron chi connectivity index (χ3n) is 4.12. The fraction of sp³-hybridized carbons (Fsp3) is 0.353. The number of allylic oxidation sites excluding steroid dienone is 2. The van der Waals surface area contributed by atoms with Crippen LogP contribution in [0.15, 0.2) is 40.1 Å². The van der Waals surface area contributed by atoms with E-state index in [4.69, 9.17) is 33.8 Å². The normalized spacial score (nSPS) is 21.0. The van der Waals surface area contributed by atoms with Crippen molar-refractivity contribution in [1.82, 2.24) is 4.90 Å². The summed E-state index contributed by atoms with van der Waals surface area (Å²) >= 11 is 12.3. The highest BCUT2D eigenvalue weighted by molar-refractivity contribution is 6.35. The molecule has 6 heteroatoms. The molecule has 2 aliphatic rings. The molecule has 122 valence electrons. The average molecular weight is 352 g/mol. The Labute approximate surface area is 146 Å². The van der Waals surface area contributed by atoms with E-state index in [1.54, 1.807) is 12.3 Å². The van der Waals surface area contributed by atoms with Gasteiger partial charge in [0.15, 0.2) is 0 Å². The molecular formula is C17H19Cl2N3O. The summed E-state index contributed by atoms with van der Waals surface area (Å²) in [4.78, 5) is 2.35. The summed E-state index contributed by atoms with van der Waals surface area (Å²) in [5.74, 6) is 5.38. The molecule has 4 nitrogen and oxygen atoms in total. The van der Waals surface area contributed by atoms with E-state index in [1.165, 1.54) is 16.8 Å². The lowest BCUT2D eigenvalue weighted by atomic mass is 10.1. The molecule has 3 rings (SSSR count). The number of hydrogen-bond acceptors (Lipinski definition) is 4. The quantitative estimate of drug-likeness (QED) is 0.513. The minimum atomic E-state index is 0.642. The molecule has 0 unspecified atom stereocenters. The second kappa shape index (κ2) is 7.39. The van der Waals surface area contributed by atoms with Gasteiger partial charge in [-0.1, -0.05) is 29.3 Å². The first-order chi connectivity index (χ1) is 11.2. The third-order valence-corrected chi connectivity index (χ3v) is 4.68. The van der Waals surface area contributed by atoms with E-state index in [0.29, 0.717) is 10.0 Å². The Hall–Kier alpha value is -1.49.